The number of halogens is 2. The number of pyridine rings is 1. The molecule has 1 N–H and O–H groups in total. The molecule has 0 saturated carbocycles. The number of rotatable bonds is 3. The van der Waals surface area contributed by atoms with Crippen molar-refractivity contribution in [2.45, 2.75) is 18.5 Å². The Balaban J connectivity index is 1.58. The molecule has 2 atom stereocenters. The molecule has 0 spiro atoms. The van der Waals surface area contributed by atoms with Gasteiger partial charge >= 0.3 is 0 Å². The first-order valence-corrected chi connectivity index (χ1v) is 10.2. The number of fused-ring (bicyclic) bond motifs is 3. The number of imidazole rings is 1. The van der Waals surface area contributed by atoms with Crippen LogP contribution in [0.3, 0.4) is 0 Å². The van der Waals surface area contributed by atoms with E-state index in [1.807, 2.05) is 12.1 Å². The van der Waals surface area contributed by atoms with E-state index in [0.717, 1.165) is 25.3 Å². The largest absolute Gasteiger partial charge is 0.351 e. The topological polar surface area (TPSA) is 71.8 Å². The van der Waals surface area contributed by atoms with E-state index in [2.05, 4.69) is 25.2 Å². The highest BCUT2D eigenvalue weighted by Gasteiger charge is 2.38. The van der Waals surface area contributed by atoms with E-state index < -0.39 is 5.82 Å². The van der Waals surface area contributed by atoms with Crippen molar-refractivity contribution >= 4 is 28.6 Å². The smallest absolute Gasteiger partial charge is 0.168 e. The normalized spacial score (nSPS) is 20.4. The molecule has 150 valence electrons. The Morgan fingerprint density at radius 2 is 2.03 bits per heavy atom. The Hall–Kier alpha value is -3.10. The van der Waals surface area contributed by atoms with Gasteiger partial charge in [0.2, 0.25) is 0 Å². The molecule has 2 aliphatic rings. The van der Waals surface area contributed by atoms with Crippen molar-refractivity contribution in [1.82, 2.24) is 29.8 Å². The number of benzene rings is 1. The van der Waals surface area contributed by atoms with Crippen LogP contribution in [0, 0.1) is 5.82 Å². The molecule has 2 bridgehead atoms. The van der Waals surface area contributed by atoms with Crippen LogP contribution in [0.25, 0.3) is 28.4 Å². The Morgan fingerprint density at radius 3 is 2.80 bits per heavy atom. The SMILES string of the molecule is Fc1ccc(Cl)cc1-c1nc2ccc(N3CC4CC3CN4)nc2n1-c1ccncn1. The molecule has 9 heteroatoms. The summed E-state index contributed by atoms with van der Waals surface area (Å²) in [6.45, 7) is 1.90. The summed E-state index contributed by atoms with van der Waals surface area (Å²) in [6, 6.07) is 11.1. The van der Waals surface area contributed by atoms with Crippen LogP contribution in [0.2, 0.25) is 5.02 Å². The molecule has 30 heavy (non-hydrogen) atoms. The molecule has 0 aliphatic carbocycles. The minimum atomic E-state index is -0.409. The van der Waals surface area contributed by atoms with Gasteiger partial charge in [-0.3, -0.25) is 4.57 Å². The van der Waals surface area contributed by atoms with Crippen molar-refractivity contribution < 1.29 is 4.39 Å². The van der Waals surface area contributed by atoms with E-state index in [-0.39, 0.29) is 0 Å². The molecule has 4 aromatic rings. The first kappa shape index (κ1) is 17.7. The Bertz CT molecular complexity index is 1260. The van der Waals surface area contributed by atoms with Crippen molar-refractivity contribution in [1.29, 1.82) is 0 Å². The van der Waals surface area contributed by atoms with Crippen LogP contribution in [-0.2, 0) is 0 Å². The van der Waals surface area contributed by atoms with E-state index in [9.17, 15) is 4.39 Å². The molecule has 2 saturated heterocycles. The van der Waals surface area contributed by atoms with Crippen LogP contribution in [0.15, 0.2) is 48.9 Å². The molecule has 1 aromatic carbocycles. The first-order valence-electron chi connectivity index (χ1n) is 9.79. The van der Waals surface area contributed by atoms with Gasteiger partial charge in [-0.25, -0.2) is 24.3 Å². The summed E-state index contributed by atoms with van der Waals surface area (Å²) >= 11 is 6.15. The van der Waals surface area contributed by atoms with Gasteiger partial charge in [0.25, 0.3) is 0 Å². The van der Waals surface area contributed by atoms with Crippen molar-refractivity contribution in [2.24, 2.45) is 0 Å². The van der Waals surface area contributed by atoms with Gasteiger partial charge in [-0.15, -0.1) is 0 Å². The zero-order valence-electron chi connectivity index (χ0n) is 15.8. The first-order chi connectivity index (χ1) is 14.7. The molecule has 3 aromatic heterocycles. The van der Waals surface area contributed by atoms with E-state index in [1.54, 1.807) is 22.9 Å². The second kappa shape index (κ2) is 6.72. The highest BCUT2D eigenvalue weighted by molar-refractivity contribution is 6.30. The molecule has 2 unspecified atom stereocenters. The summed E-state index contributed by atoms with van der Waals surface area (Å²) < 4.78 is 16.5. The van der Waals surface area contributed by atoms with Crippen molar-refractivity contribution in [3.05, 3.63) is 59.8 Å². The third-order valence-electron chi connectivity index (χ3n) is 5.81. The Morgan fingerprint density at radius 1 is 1.10 bits per heavy atom. The fraction of sp³-hybridized carbons (Fsp3) is 0.238. The Labute approximate surface area is 176 Å². The van der Waals surface area contributed by atoms with E-state index >= 15 is 0 Å². The lowest BCUT2D eigenvalue weighted by Gasteiger charge is -2.28. The number of hydrogen-bond acceptors (Lipinski definition) is 6. The van der Waals surface area contributed by atoms with Gasteiger partial charge < -0.3 is 10.2 Å². The maximum atomic E-state index is 14.7. The minimum absolute atomic E-state index is 0.296. The van der Waals surface area contributed by atoms with Crippen molar-refractivity contribution in [2.75, 3.05) is 18.0 Å². The minimum Gasteiger partial charge on any atom is -0.351 e. The maximum absolute atomic E-state index is 14.7. The molecule has 5 heterocycles. The predicted octanol–water partition coefficient (Wildman–Crippen LogP) is 3.22. The molecule has 6 rings (SSSR count). The number of nitrogens with one attached hydrogen (secondary N) is 1. The predicted molar refractivity (Wildman–Crippen MR) is 112 cm³/mol. The summed E-state index contributed by atoms with van der Waals surface area (Å²) in [5, 5.41) is 3.94. The van der Waals surface area contributed by atoms with Gasteiger partial charge in [0.1, 0.15) is 29.3 Å². The molecular weight excluding hydrogens is 405 g/mol. The lowest BCUT2D eigenvalue weighted by atomic mass is 10.2. The van der Waals surface area contributed by atoms with Crippen LogP contribution in [0.5, 0.6) is 0 Å². The zero-order chi connectivity index (χ0) is 20.2. The lowest BCUT2D eigenvalue weighted by molar-refractivity contribution is 0.577. The number of piperazine rings is 1. The molecule has 0 amide bonds. The van der Waals surface area contributed by atoms with Gasteiger partial charge in [-0.05, 0) is 42.8 Å². The number of hydrogen-bond donors (Lipinski definition) is 1. The molecule has 2 fully saturated rings. The average molecular weight is 422 g/mol. The maximum Gasteiger partial charge on any atom is 0.168 e. The second-order valence-corrected chi connectivity index (χ2v) is 8.06. The third-order valence-corrected chi connectivity index (χ3v) is 6.04. The summed E-state index contributed by atoms with van der Waals surface area (Å²) in [5.74, 6) is 1.45. The quantitative estimate of drug-likeness (QED) is 0.547. The standard InChI is InChI=1S/C21H17ClFN7/c22-12-1-2-16(23)15(7-12)20-27-17-3-4-19(29-10-13-8-14(29)9-25-13)28-21(17)30(20)18-5-6-24-11-26-18/h1-7,11,13-14,25H,8-10H2. The fourth-order valence-corrected chi connectivity index (χ4v) is 4.60. The fourth-order valence-electron chi connectivity index (χ4n) is 4.43. The average Bonchev–Trinajstić information content (AvgIpc) is 3.49. The van der Waals surface area contributed by atoms with Gasteiger partial charge in [0, 0.05) is 36.4 Å². The van der Waals surface area contributed by atoms with Crippen LogP contribution in [-0.4, -0.2) is 49.7 Å². The molecule has 2 aliphatic heterocycles. The van der Waals surface area contributed by atoms with Gasteiger partial charge in [-0.2, -0.15) is 0 Å². The van der Waals surface area contributed by atoms with Gasteiger partial charge in [-0.1, -0.05) is 11.6 Å². The van der Waals surface area contributed by atoms with Gasteiger partial charge in [0.05, 0.1) is 5.56 Å². The highest BCUT2D eigenvalue weighted by Crippen LogP contribution is 2.33. The summed E-state index contributed by atoms with van der Waals surface area (Å²) in [6.07, 6.45) is 4.22. The van der Waals surface area contributed by atoms with Crippen LogP contribution in [0.4, 0.5) is 10.2 Å². The zero-order valence-corrected chi connectivity index (χ0v) is 16.6. The van der Waals surface area contributed by atoms with Crippen molar-refractivity contribution in [3.8, 4) is 17.2 Å². The van der Waals surface area contributed by atoms with Gasteiger partial charge in [0.15, 0.2) is 11.5 Å². The summed E-state index contributed by atoms with van der Waals surface area (Å²) in [5.41, 5.74) is 1.58. The number of anilines is 1. The summed E-state index contributed by atoms with van der Waals surface area (Å²) in [7, 11) is 0. The van der Waals surface area contributed by atoms with Crippen LogP contribution < -0.4 is 10.2 Å². The summed E-state index contributed by atoms with van der Waals surface area (Å²) in [4.78, 5) is 20.3. The van der Waals surface area contributed by atoms with Crippen molar-refractivity contribution in [3.63, 3.8) is 0 Å². The van der Waals surface area contributed by atoms with Crippen LogP contribution in [0.1, 0.15) is 6.42 Å². The van der Waals surface area contributed by atoms with E-state index in [4.69, 9.17) is 16.6 Å². The molecule has 0 radical (unpaired) electrons. The van der Waals surface area contributed by atoms with E-state index in [0.29, 0.717) is 45.5 Å². The number of aromatic nitrogens is 5. The molecular formula is C21H17ClFN7. The second-order valence-electron chi connectivity index (χ2n) is 7.62. The van der Waals surface area contributed by atoms with Crippen LogP contribution >= 0.6 is 11.6 Å². The van der Waals surface area contributed by atoms with E-state index in [1.165, 1.54) is 18.5 Å². The lowest BCUT2D eigenvalue weighted by Crippen LogP contribution is -2.44. The monoisotopic (exact) mass is 421 g/mol. The highest BCUT2D eigenvalue weighted by atomic mass is 35.5. The number of nitrogens with zero attached hydrogens (tertiary/aromatic N) is 6. The third kappa shape index (κ3) is 2.75. The Kier molecular flexibility index (Phi) is 3.97. The molecule has 7 nitrogen and oxygen atoms in total.